The molecule has 98 valence electrons. The van der Waals surface area contributed by atoms with Gasteiger partial charge in [0.05, 0.1) is 0 Å². The largest absolute Gasteiger partial charge is 0.481 e. The van der Waals surface area contributed by atoms with Gasteiger partial charge in [0.1, 0.15) is 6.10 Å². The second kappa shape index (κ2) is 11.5. The molecule has 17 heavy (non-hydrogen) atoms. The Bertz CT molecular complexity index is 250. The lowest BCUT2D eigenvalue weighted by Crippen LogP contribution is -2.06. The molecule has 0 aromatic heterocycles. The molecular formula is C14H24O3. The Morgan fingerprint density at radius 1 is 1.18 bits per heavy atom. The highest BCUT2D eigenvalue weighted by Gasteiger charge is 2.02. The fourth-order valence-corrected chi connectivity index (χ4v) is 1.52. The van der Waals surface area contributed by atoms with Gasteiger partial charge >= 0.3 is 5.97 Å². The van der Waals surface area contributed by atoms with Crippen LogP contribution in [0.1, 0.15) is 64.7 Å². The molecule has 1 unspecified atom stereocenters. The summed E-state index contributed by atoms with van der Waals surface area (Å²) >= 11 is 0. The van der Waals surface area contributed by atoms with Gasteiger partial charge in [0.25, 0.3) is 0 Å². The number of carbonyl (C=O) groups is 1. The maximum Gasteiger partial charge on any atom is 0.303 e. The van der Waals surface area contributed by atoms with Crippen molar-refractivity contribution < 1.29 is 15.0 Å². The normalized spacial score (nSPS) is 11.6. The monoisotopic (exact) mass is 240 g/mol. The molecule has 0 aliphatic carbocycles. The van der Waals surface area contributed by atoms with Crippen LogP contribution < -0.4 is 0 Å². The third-order valence-corrected chi connectivity index (χ3v) is 2.56. The number of hydrogen-bond acceptors (Lipinski definition) is 2. The highest BCUT2D eigenvalue weighted by atomic mass is 16.4. The van der Waals surface area contributed by atoms with Crippen LogP contribution in [0.2, 0.25) is 0 Å². The van der Waals surface area contributed by atoms with Crippen molar-refractivity contribution in [3.63, 3.8) is 0 Å². The number of aliphatic carboxylic acids is 1. The summed E-state index contributed by atoms with van der Waals surface area (Å²) in [6.07, 6.45) is 7.60. The molecule has 0 aromatic rings. The van der Waals surface area contributed by atoms with Gasteiger partial charge in [-0.2, -0.15) is 0 Å². The van der Waals surface area contributed by atoms with E-state index < -0.39 is 12.1 Å². The first-order valence-electron chi connectivity index (χ1n) is 6.55. The second-order valence-corrected chi connectivity index (χ2v) is 4.29. The molecular weight excluding hydrogens is 216 g/mol. The lowest BCUT2D eigenvalue weighted by atomic mass is 10.1. The Morgan fingerprint density at radius 3 is 2.47 bits per heavy atom. The van der Waals surface area contributed by atoms with Crippen molar-refractivity contribution in [1.29, 1.82) is 0 Å². The highest BCUT2D eigenvalue weighted by molar-refractivity contribution is 5.66. The lowest BCUT2D eigenvalue weighted by Gasteiger charge is -1.99. The molecule has 0 heterocycles. The van der Waals surface area contributed by atoms with Crippen LogP contribution in [0.3, 0.4) is 0 Å². The van der Waals surface area contributed by atoms with Crippen LogP contribution in [-0.4, -0.2) is 22.3 Å². The number of aliphatic hydroxyl groups excluding tert-OH is 1. The second-order valence-electron chi connectivity index (χ2n) is 4.29. The standard InChI is InChI=1S/C14H24O3/c1-2-3-4-5-6-7-8-9-10-13(15)11-12-14(16)17/h13,15H,2-8,11-12H2,1H3,(H,16,17). The molecule has 0 aliphatic rings. The predicted molar refractivity (Wildman–Crippen MR) is 68.6 cm³/mol. The Kier molecular flexibility index (Phi) is 10.8. The van der Waals surface area contributed by atoms with Crippen molar-refractivity contribution in [2.24, 2.45) is 0 Å². The first-order chi connectivity index (χ1) is 8.16. The van der Waals surface area contributed by atoms with E-state index in [2.05, 4.69) is 18.8 Å². The summed E-state index contributed by atoms with van der Waals surface area (Å²) in [5.41, 5.74) is 0. The van der Waals surface area contributed by atoms with Crippen molar-refractivity contribution in [3.8, 4) is 11.8 Å². The zero-order valence-corrected chi connectivity index (χ0v) is 10.7. The molecule has 1 atom stereocenters. The summed E-state index contributed by atoms with van der Waals surface area (Å²) < 4.78 is 0. The van der Waals surface area contributed by atoms with Gasteiger partial charge < -0.3 is 10.2 Å². The van der Waals surface area contributed by atoms with Gasteiger partial charge in [0, 0.05) is 12.8 Å². The first-order valence-corrected chi connectivity index (χ1v) is 6.55. The molecule has 0 aliphatic heterocycles. The number of carboxylic acids is 1. The molecule has 0 fully saturated rings. The molecule has 0 amide bonds. The van der Waals surface area contributed by atoms with E-state index in [0.29, 0.717) is 0 Å². The lowest BCUT2D eigenvalue weighted by molar-refractivity contribution is -0.137. The minimum Gasteiger partial charge on any atom is -0.481 e. The Morgan fingerprint density at radius 2 is 1.82 bits per heavy atom. The van der Waals surface area contributed by atoms with E-state index in [0.717, 1.165) is 12.8 Å². The van der Waals surface area contributed by atoms with E-state index in [1.165, 1.54) is 32.1 Å². The van der Waals surface area contributed by atoms with Crippen LogP contribution in [-0.2, 0) is 4.79 Å². The van der Waals surface area contributed by atoms with Crippen molar-refractivity contribution >= 4 is 5.97 Å². The van der Waals surface area contributed by atoms with Gasteiger partial charge in [-0.3, -0.25) is 4.79 Å². The molecule has 0 saturated heterocycles. The summed E-state index contributed by atoms with van der Waals surface area (Å²) in [6, 6.07) is 0. The molecule has 3 heteroatoms. The fraction of sp³-hybridized carbons (Fsp3) is 0.786. The van der Waals surface area contributed by atoms with Gasteiger partial charge in [0.2, 0.25) is 0 Å². The number of aliphatic hydroxyl groups is 1. The molecule has 3 nitrogen and oxygen atoms in total. The number of carboxylic acid groups (broad SMARTS) is 1. The molecule has 0 aromatic carbocycles. The van der Waals surface area contributed by atoms with Gasteiger partial charge in [0.15, 0.2) is 0 Å². The highest BCUT2D eigenvalue weighted by Crippen LogP contribution is 2.06. The van der Waals surface area contributed by atoms with Crippen LogP contribution in [0, 0.1) is 11.8 Å². The van der Waals surface area contributed by atoms with Gasteiger partial charge in [-0.25, -0.2) is 0 Å². The average Bonchev–Trinajstić information content (AvgIpc) is 2.30. The maximum absolute atomic E-state index is 10.2. The van der Waals surface area contributed by atoms with Crippen LogP contribution in [0.4, 0.5) is 0 Å². The number of rotatable bonds is 9. The average molecular weight is 240 g/mol. The zero-order chi connectivity index (χ0) is 12.9. The first kappa shape index (κ1) is 16.0. The van der Waals surface area contributed by atoms with E-state index in [4.69, 9.17) is 5.11 Å². The maximum atomic E-state index is 10.2. The van der Waals surface area contributed by atoms with Crippen LogP contribution in [0.15, 0.2) is 0 Å². The fourth-order valence-electron chi connectivity index (χ4n) is 1.52. The molecule has 0 spiro atoms. The van der Waals surface area contributed by atoms with E-state index in [-0.39, 0.29) is 12.8 Å². The number of hydrogen-bond donors (Lipinski definition) is 2. The smallest absolute Gasteiger partial charge is 0.303 e. The third-order valence-electron chi connectivity index (χ3n) is 2.56. The number of unbranched alkanes of at least 4 members (excludes halogenated alkanes) is 6. The Hall–Kier alpha value is -1.01. The van der Waals surface area contributed by atoms with Gasteiger partial charge in [-0.1, -0.05) is 44.9 Å². The van der Waals surface area contributed by atoms with Crippen LogP contribution >= 0.6 is 0 Å². The molecule has 0 saturated carbocycles. The molecule has 0 rings (SSSR count). The van der Waals surface area contributed by atoms with Crippen molar-refractivity contribution in [2.45, 2.75) is 70.8 Å². The molecule has 2 N–H and O–H groups in total. The summed E-state index contributed by atoms with van der Waals surface area (Å²) in [5, 5.41) is 17.7. The topological polar surface area (TPSA) is 57.5 Å². The minimum absolute atomic E-state index is 0.0210. The summed E-state index contributed by atoms with van der Waals surface area (Å²) in [5.74, 6) is 4.70. The van der Waals surface area contributed by atoms with Gasteiger partial charge in [-0.05, 0) is 12.8 Å². The van der Waals surface area contributed by atoms with E-state index in [9.17, 15) is 9.90 Å². The predicted octanol–water partition coefficient (Wildman–Crippen LogP) is 2.97. The quantitative estimate of drug-likeness (QED) is 0.481. The van der Waals surface area contributed by atoms with Crippen LogP contribution in [0.25, 0.3) is 0 Å². The van der Waals surface area contributed by atoms with Crippen LogP contribution in [0.5, 0.6) is 0 Å². The van der Waals surface area contributed by atoms with Gasteiger partial charge in [-0.15, -0.1) is 5.92 Å². The van der Waals surface area contributed by atoms with Crippen molar-refractivity contribution in [1.82, 2.24) is 0 Å². The Balaban J connectivity index is 3.37. The molecule has 0 bridgehead atoms. The zero-order valence-electron chi connectivity index (χ0n) is 10.7. The summed E-state index contributed by atoms with van der Waals surface area (Å²) in [6.45, 7) is 2.20. The van der Waals surface area contributed by atoms with E-state index in [1.807, 2.05) is 0 Å². The van der Waals surface area contributed by atoms with E-state index in [1.54, 1.807) is 0 Å². The SMILES string of the molecule is CCCCCCCCC#CC(O)CCC(=O)O. The van der Waals surface area contributed by atoms with Crippen molar-refractivity contribution in [2.75, 3.05) is 0 Å². The summed E-state index contributed by atoms with van der Waals surface area (Å²) in [7, 11) is 0. The van der Waals surface area contributed by atoms with E-state index >= 15 is 0 Å². The Labute approximate surface area is 104 Å². The van der Waals surface area contributed by atoms with Crippen molar-refractivity contribution in [3.05, 3.63) is 0 Å². The summed E-state index contributed by atoms with van der Waals surface area (Å²) in [4.78, 5) is 10.2. The third kappa shape index (κ3) is 12.9. The minimum atomic E-state index is -0.887. The molecule has 0 radical (unpaired) electrons.